The minimum absolute atomic E-state index is 0.159. The number of ether oxygens (including phenoxy) is 1. The second-order valence-corrected chi connectivity index (χ2v) is 4.46. The molecule has 0 aliphatic heterocycles. The van der Waals surface area contributed by atoms with Crippen LogP contribution in [-0.2, 0) is 9.53 Å². The summed E-state index contributed by atoms with van der Waals surface area (Å²) in [6.07, 6.45) is 7.87. The molecule has 0 saturated carbocycles. The molecule has 0 aromatic carbocycles. The third-order valence-corrected chi connectivity index (χ3v) is 2.32. The molecule has 0 aromatic heterocycles. The van der Waals surface area contributed by atoms with E-state index in [1.54, 1.807) is 0 Å². The molecule has 16 heavy (non-hydrogen) atoms. The molecule has 0 aliphatic carbocycles. The Hall–Kier alpha value is -1.01. The molecule has 0 rings (SSSR count). The Labute approximate surface area is 98.7 Å². The minimum atomic E-state index is -0.159. The molecule has 0 spiro atoms. The van der Waals surface area contributed by atoms with Gasteiger partial charge in [-0.3, -0.25) is 4.79 Å². The van der Waals surface area contributed by atoms with E-state index in [0.717, 1.165) is 12.8 Å². The van der Waals surface area contributed by atoms with Crippen molar-refractivity contribution in [2.24, 2.45) is 17.6 Å². The van der Waals surface area contributed by atoms with Gasteiger partial charge in [-0.1, -0.05) is 13.8 Å². The Morgan fingerprint density at radius 2 is 2.19 bits per heavy atom. The third-order valence-electron chi connectivity index (χ3n) is 2.32. The average Bonchev–Trinajstić information content (AvgIpc) is 2.23. The highest BCUT2D eigenvalue weighted by molar-refractivity contribution is 5.69. The van der Waals surface area contributed by atoms with Crippen LogP contribution in [0.2, 0.25) is 0 Å². The van der Waals surface area contributed by atoms with Crippen LogP contribution in [0.5, 0.6) is 0 Å². The Morgan fingerprint density at radius 3 is 2.69 bits per heavy atom. The Kier molecular flexibility index (Phi) is 8.65. The second kappa shape index (κ2) is 9.23. The Morgan fingerprint density at radius 1 is 1.50 bits per heavy atom. The predicted molar refractivity (Wildman–Crippen MR) is 65.6 cm³/mol. The molecule has 0 unspecified atom stereocenters. The fraction of sp³-hybridized carbons (Fsp3) is 0.769. The third kappa shape index (κ3) is 8.31. The van der Waals surface area contributed by atoms with Gasteiger partial charge in [-0.25, -0.2) is 0 Å². The molecule has 0 saturated heterocycles. The monoisotopic (exact) mass is 225 g/mol. The number of terminal acetylenes is 1. The van der Waals surface area contributed by atoms with Gasteiger partial charge < -0.3 is 10.5 Å². The fourth-order valence-corrected chi connectivity index (χ4v) is 1.58. The maximum Gasteiger partial charge on any atom is 0.306 e. The standard InChI is InChI=1S/C13H23NO2/c1-4-5-6-7-16-13(15)9-12(10-14)8-11(2)3/h1,11-12H,5-10,14H2,2-3H3/t12-/m0/s1. The summed E-state index contributed by atoms with van der Waals surface area (Å²) >= 11 is 0. The van der Waals surface area contributed by atoms with Crippen LogP contribution in [0.1, 0.15) is 39.5 Å². The summed E-state index contributed by atoms with van der Waals surface area (Å²) < 4.78 is 5.07. The Balaban J connectivity index is 3.71. The van der Waals surface area contributed by atoms with E-state index in [-0.39, 0.29) is 11.9 Å². The molecule has 0 bridgehead atoms. The number of rotatable bonds is 8. The maximum atomic E-state index is 11.4. The zero-order valence-corrected chi connectivity index (χ0v) is 10.4. The van der Waals surface area contributed by atoms with Gasteiger partial charge >= 0.3 is 5.97 Å². The van der Waals surface area contributed by atoms with Crippen LogP contribution in [0.15, 0.2) is 0 Å². The van der Waals surface area contributed by atoms with Crippen LogP contribution < -0.4 is 5.73 Å². The van der Waals surface area contributed by atoms with Crippen molar-refractivity contribution < 1.29 is 9.53 Å². The number of hydrogen-bond acceptors (Lipinski definition) is 3. The summed E-state index contributed by atoms with van der Waals surface area (Å²) in [5.41, 5.74) is 5.61. The normalized spacial score (nSPS) is 12.2. The molecule has 0 aromatic rings. The van der Waals surface area contributed by atoms with Crippen LogP contribution in [0.3, 0.4) is 0 Å². The van der Waals surface area contributed by atoms with Crippen molar-refractivity contribution in [1.29, 1.82) is 0 Å². The average molecular weight is 225 g/mol. The van der Waals surface area contributed by atoms with Crippen molar-refractivity contribution in [1.82, 2.24) is 0 Å². The molecule has 92 valence electrons. The van der Waals surface area contributed by atoms with Gasteiger partial charge in [0, 0.05) is 12.8 Å². The first-order chi connectivity index (χ1) is 7.60. The number of nitrogens with two attached hydrogens (primary N) is 1. The number of hydrogen-bond donors (Lipinski definition) is 1. The number of esters is 1. The van der Waals surface area contributed by atoms with Crippen LogP contribution in [0, 0.1) is 24.2 Å². The van der Waals surface area contributed by atoms with E-state index in [1.165, 1.54) is 0 Å². The molecule has 1 atom stereocenters. The molecule has 0 radical (unpaired) electrons. The highest BCUT2D eigenvalue weighted by atomic mass is 16.5. The zero-order valence-electron chi connectivity index (χ0n) is 10.4. The van der Waals surface area contributed by atoms with Crippen LogP contribution in [0.4, 0.5) is 0 Å². The van der Waals surface area contributed by atoms with Crippen LogP contribution in [-0.4, -0.2) is 19.1 Å². The summed E-state index contributed by atoms with van der Waals surface area (Å²) in [6.45, 7) is 5.21. The first kappa shape index (κ1) is 15.0. The lowest BCUT2D eigenvalue weighted by Crippen LogP contribution is -2.21. The van der Waals surface area contributed by atoms with E-state index >= 15 is 0 Å². The fourth-order valence-electron chi connectivity index (χ4n) is 1.58. The van der Waals surface area contributed by atoms with Crippen molar-refractivity contribution >= 4 is 5.97 Å². The van der Waals surface area contributed by atoms with Gasteiger partial charge in [-0.2, -0.15) is 0 Å². The smallest absolute Gasteiger partial charge is 0.306 e. The molecule has 0 amide bonds. The topological polar surface area (TPSA) is 52.3 Å². The van der Waals surface area contributed by atoms with Crippen molar-refractivity contribution in [3.8, 4) is 12.3 Å². The second-order valence-electron chi connectivity index (χ2n) is 4.46. The minimum Gasteiger partial charge on any atom is -0.466 e. The van der Waals surface area contributed by atoms with Gasteiger partial charge in [0.1, 0.15) is 0 Å². The van der Waals surface area contributed by atoms with Crippen molar-refractivity contribution in [2.45, 2.75) is 39.5 Å². The lowest BCUT2D eigenvalue weighted by Gasteiger charge is -2.15. The van der Waals surface area contributed by atoms with Gasteiger partial charge in [0.05, 0.1) is 6.61 Å². The van der Waals surface area contributed by atoms with Gasteiger partial charge in [0.15, 0.2) is 0 Å². The zero-order chi connectivity index (χ0) is 12.4. The molecule has 3 nitrogen and oxygen atoms in total. The highest BCUT2D eigenvalue weighted by Gasteiger charge is 2.14. The summed E-state index contributed by atoms with van der Waals surface area (Å²) in [5.74, 6) is 3.14. The molecule has 0 heterocycles. The quantitative estimate of drug-likeness (QED) is 0.390. The molecular weight excluding hydrogens is 202 g/mol. The van der Waals surface area contributed by atoms with Crippen molar-refractivity contribution in [3.63, 3.8) is 0 Å². The van der Waals surface area contributed by atoms with Crippen molar-refractivity contribution in [3.05, 3.63) is 0 Å². The van der Waals surface area contributed by atoms with E-state index in [0.29, 0.717) is 31.9 Å². The summed E-state index contributed by atoms with van der Waals surface area (Å²) in [4.78, 5) is 11.4. The number of unbranched alkanes of at least 4 members (excludes halogenated alkanes) is 1. The highest BCUT2D eigenvalue weighted by Crippen LogP contribution is 2.14. The molecule has 3 heteroatoms. The largest absolute Gasteiger partial charge is 0.466 e. The van der Waals surface area contributed by atoms with Gasteiger partial charge in [0.2, 0.25) is 0 Å². The van der Waals surface area contributed by atoms with Gasteiger partial charge in [-0.05, 0) is 31.2 Å². The number of carbonyl (C=O) groups excluding carboxylic acids is 1. The molecule has 0 aliphatic rings. The summed E-state index contributed by atoms with van der Waals surface area (Å²) in [5, 5.41) is 0. The summed E-state index contributed by atoms with van der Waals surface area (Å²) in [6, 6.07) is 0. The van der Waals surface area contributed by atoms with E-state index in [1.807, 2.05) is 0 Å². The van der Waals surface area contributed by atoms with Crippen LogP contribution >= 0.6 is 0 Å². The van der Waals surface area contributed by atoms with Gasteiger partial charge in [0.25, 0.3) is 0 Å². The summed E-state index contributed by atoms with van der Waals surface area (Å²) in [7, 11) is 0. The molecule has 2 N–H and O–H groups in total. The molecule has 0 fully saturated rings. The maximum absolute atomic E-state index is 11.4. The Bertz CT molecular complexity index is 231. The predicted octanol–water partition coefficient (Wildman–Crippen LogP) is 1.95. The molecular formula is C13H23NO2. The first-order valence-corrected chi connectivity index (χ1v) is 5.89. The SMILES string of the molecule is C#CCCCOC(=O)C[C@@H](CN)CC(C)C. The lowest BCUT2D eigenvalue weighted by atomic mass is 9.94. The van der Waals surface area contributed by atoms with Crippen molar-refractivity contribution in [2.75, 3.05) is 13.2 Å². The van der Waals surface area contributed by atoms with E-state index in [4.69, 9.17) is 16.9 Å². The van der Waals surface area contributed by atoms with Gasteiger partial charge in [-0.15, -0.1) is 12.3 Å². The first-order valence-electron chi connectivity index (χ1n) is 5.89. The van der Waals surface area contributed by atoms with E-state index < -0.39 is 0 Å². The lowest BCUT2D eigenvalue weighted by molar-refractivity contribution is -0.144. The van der Waals surface area contributed by atoms with E-state index in [9.17, 15) is 4.79 Å². The van der Waals surface area contributed by atoms with E-state index in [2.05, 4.69) is 19.8 Å². The number of carbonyl (C=O) groups is 1. The van der Waals surface area contributed by atoms with Crippen LogP contribution in [0.25, 0.3) is 0 Å².